The summed E-state index contributed by atoms with van der Waals surface area (Å²) in [6, 6.07) is 6.50. The van der Waals surface area contributed by atoms with Crippen LogP contribution in [0, 0.1) is 0 Å². The van der Waals surface area contributed by atoms with Crippen LogP contribution in [0.5, 0.6) is 0 Å². The molecule has 0 amide bonds. The molecule has 100 valence electrons. The van der Waals surface area contributed by atoms with Gasteiger partial charge in [-0.3, -0.25) is 4.98 Å². The summed E-state index contributed by atoms with van der Waals surface area (Å²) in [4.78, 5) is 7.07. The maximum absolute atomic E-state index is 4.62. The molecule has 3 rings (SSSR count). The minimum atomic E-state index is 1.02. The molecule has 0 unspecified atom stereocenters. The van der Waals surface area contributed by atoms with E-state index < -0.39 is 0 Å². The van der Waals surface area contributed by atoms with E-state index in [2.05, 4.69) is 56.3 Å². The summed E-state index contributed by atoms with van der Waals surface area (Å²) in [6.45, 7) is 6.37. The Bertz CT molecular complexity index is 591. The maximum Gasteiger partial charge on any atom is 0.0755 e. The minimum absolute atomic E-state index is 1.02. The van der Waals surface area contributed by atoms with Gasteiger partial charge in [0.1, 0.15) is 0 Å². The average Bonchev–Trinajstić information content (AvgIpc) is 2.47. The SMILES string of the molecule is CCc1cccc2c(N3CCNCC3)c(Br)cnc12. The van der Waals surface area contributed by atoms with Gasteiger partial charge in [0.05, 0.1) is 15.7 Å². The highest BCUT2D eigenvalue weighted by molar-refractivity contribution is 9.10. The van der Waals surface area contributed by atoms with Crippen molar-refractivity contribution in [1.29, 1.82) is 0 Å². The van der Waals surface area contributed by atoms with Crippen LogP contribution in [0.2, 0.25) is 0 Å². The summed E-state index contributed by atoms with van der Waals surface area (Å²) in [7, 11) is 0. The number of hydrogen-bond donors (Lipinski definition) is 1. The lowest BCUT2D eigenvalue weighted by atomic mass is 10.1. The number of nitrogens with one attached hydrogen (secondary N) is 1. The number of benzene rings is 1. The summed E-state index contributed by atoms with van der Waals surface area (Å²) in [5.41, 5.74) is 3.75. The first kappa shape index (κ1) is 12.9. The van der Waals surface area contributed by atoms with Gasteiger partial charge in [-0.25, -0.2) is 0 Å². The number of pyridine rings is 1. The summed E-state index contributed by atoms with van der Waals surface area (Å²) in [6.07, 6.45) is 2.96. The van der Waals surface area contributed by atoms with Gasteiger partial charge in [-0.05, 0) is 27.9 Å². The molecule has 1 aliphatic rings. The molecule has 1 N–H and O–H groups in total. The molecular weight excluding hydrogens is 302 g/mol. The Morgan fingerprint density at radius 3 is 2.84 bits per heavy atom. The predicted molar refractivity (Wildman–Crippen MR) is 83.9 cm³/mol. The fraction of sp³-hybridized carbons (Fsp3) is 0.400. The highest BCUT2D eigenvalue weighted by Crippen LogP contribution is 2.34. The molecule has 2 aromatic rings. The third-order valence-corrected chi connectivity index (χ3v) is 4.30. The zero-order valence-corrected chi connectivity index (χ0v) is 12.7. The number of rotatable bonds is 2. The van der Waals surface area contributed by atoms with Crippen molar-refractivity contribution in [3.05, 3.63) is 34.4 Å². The number of fused-ring (bicyclic) bond motifs is 1. The molecule has 1 fully saturated rings. The van der Waals surface area contributed by atoms with Crippen LogP contribution < -0.4 is 10.2 Å². The second-order valence-corrected chi connectivity index (χ2v) is 5.71. The quantitative estimate of drug-likeness (QED) is 0.922. The molecule has 0 bridgehead atoms. The summed E-state index contributed by atoms with van der Waals surface area (Å²) in [5, 5.41) is 4.66. The Labute approximate surface area is 122 Å². The summed E-state index contributed by atoms with van der Waals surface area (Å²) in [5.74, 6) is 0. The van der Waals surface area contributed by atoms with Gasteiger partial charge in [-0.1, -0.05) is 25.1 Å². The normalized spacial score (nSPS) is 16.0. The van der Waals surface area contributed by atoms with E-state index in [1.165, 1.54) is 16.6 Å². The molecule has 4 heteroatoms. The van der Waals surface area contributed by atoms with Gasteiger partial charge in [-0.2, -0.15) is 0 Å². The van der Waals surface area contributed by atoms with Crippen molar-refractivity contribution in [2.45, 2.75) is 13.3 Å². The number of hydrogen-bond acceptors (Lipinski definition) is 3. The Kier molecular flexibility index (Phi) is 3.71. The molecular formula is C15H18BrN3. The Balaban J connectivity index is 2.18. The highest BCUT2D eigenvalue weighted by Gasteiger charge is 2.17. The van der Waals surface area contributed by atoms with Crippen LogP contribution in [0.4, 0.5) is 5.69 Å². The monoisotopic (exact) mass is 319 g/mol. The van der Waals surface area contributed by atoms with E-state index in [-0.39, 0.29) is 0 Å². The zero-order chi connectivity index (χ0) is 13.2. The topological polar surface area (TPSA) is 28.2 Å². The number of piperazine rings is 1. The van der Waals surface area contributed by atoms with E-state index in [4.69, 9.17) is 0 Å². The molecule has 0 saturated carbocycles. The first-order valence-corrected chi connectivity index (χ1v) is 7.62. The lowest BCUT2D eigenvalue weighted by molar-refractivity contribution is 0.589. The Hall–Kier alpha value is -1.13. The van der Waals surface area contributed by atoms with E-state index in [0.717, 1.165) is 42.6 Å². The van der Waals surface area contributed by atoms with Gasteiger partial charge in [0.25, 0.3) is 0 Å². The van der Waals surface area contributed by atoms with Gasteiger partial charge in [0.2, 0.25) is 0 Å². The molecule has 0 aliphatic carbocycles. The van der Waals surface area contributed by atoms with E-state index in [1.807, 2.05) is 6.20 Å². The van der Waals surface area contributed by atoms with Crippen LogP contribution in [0.3, 0.4) is 0 Å². The number of para-hydroxylation sites is 1. The number of aryl methyl sites for hydroxylation is 1. The third-order valence-electron chi connectivity index (χ3n) is 3.72. The molecule has 1 saturated heterocycles. The third kappa shape index (κ3) is 2.35. The van der Waals surface area contributed by atoms with Crippen molar-refractivity contribution < 1.29 is 0 Å². The fourth-order valence-corrected chi connectivity index (χ4v) is 3.31. The van der Waals surface area contributed by atoms with Crippen molar-refractivity contribution in [1.82, 2.24) is 10.3 Å². The van der Waals surface area contributed by atoms with Gasteiger partial charge in [0.15, 0.2) is 0 Å². The number of aromatic nitrogens is 1. The molecule has 1 aromatic carbocycles. The molecule has 0 radical (unpaired) electrons. The van der Waals surface area contributed by atoms with Gasteiger partial charge >= 0.3 is 0 Å². The molecule has 1 aliphatic heterocycles. The molecule has 19 heavy (non-hydrogen) atoms. The van der Waals surface area contributed by atoms with Crippen LogP contribution in [0.1, 0.15) is 12.5 Å². The van der Waals surface area contributed by atoms with Crippen molar-refractivity contribution >= 4 is 32.5 Å². The largest absolute Gasteiger partial charge is 0.367 e. The van der Waals surface area contributed by atoms with E-state index in [9.17, 15) is 0 Å². The van der Waals surface area contributed by atoms with Crippen molar-refractivity contribution in [3.8, 4) is 0 Å². The lowest BCUT2D eigenvalue weighted by Gasteiger charge is -2.31. The van der Waals surface area contributed by atoms with E-state index in [1.54, 1.807) is 0 Å². The molecule has 0 spiro atoms. The van der Waals surface area contributed by atoms with Crippen LogP contribution in [-0.2, 0) is 6.42 Å². The summed E-state index contributed by atoms with van der Waals surface area (Å²) >= 11 is 3.67. The van der Waals surface area contributed by atoms with Crippen LogP contribution in [0.15, 0.2) is 28.9 Å². The molecule has 1 aromatic heterocycles. The van der Waals surface area contributed by atoms with Crippen LogP contribution in [0.25, 0.3) is 10.9 Å². The Morgan fingerprint density at radius 2 is 2.11 bits per heavy atom. The second-order valence-electron chi connectivity index (χ2n) is 4.86. The molecule has 3 nitrogen and oxygen atoms in total. The fourth-order valence-electron chi connectivity index (χ4n) is 2.74. The lowest BCUT2D eigenvalue weighted by Crippen LogP contribution is -2.43. The minimum Gasteiger partial charge on any atom is -0.367 e. The number of halogens is 1. The van der Waals surface area contributed by atoms with E-state index >= 15 is 0 Å². The van der Waals surface area contributed by atoms with Crippen molar-refractivity contribution in [2.24, 2.45) is 0 Å². The zero-order valence-electron chi connectivity index (χ0n) is 11.1. The maximum atomic E-state index is 4.62. The highest BCUT2D eigenvalue weighted by atomic mass is 79.9. The second kappa shape index (κ2) is 5.47. The van der Waals surface area contributed by atoms with E-state index in [0.29, 0.717) is 0 Å². The number of anilines is 1. The van der Waals surface area contributed by atoms with Crippen LogP contribution >= 0.6 is 15.9 Å². The molecule has 0 atom stereocenters. The number of nitrogens with zero attached hydrogens (tertiary/aromatic N) is 2. The van der Waals surface area contributed by atoms with Crippen molar-refractivity contribution in [3.63, 3.8) is 0 Å². The first-order chi connectivity index (χ1) is 9.31. The standard InChI is InChI=1S/C15H18BrN3/c1-2-11-4-3-5-12-14(11)18-10-13(16)15(12)19-8-6-17-7-9-19/h3-5,10,17H,2,6-9H2,1H3. The average molecular weight is 320 g/mol. The van der Waals surface area contributed by atoms with Gasteiger partial charge in [-0.15, -0.1) is 0 Å². The van der Waals surface area contributed by atoms with Crippen LogP contribution in [-0.4, -0.2) is 31.2 Å². The predicted octanol–water partition coefficient (Wildman–Crippen LogP) is 2.97. The summed E-state index contributed by atoms with van der Waals surface area (Å²) < 4.78 is 1.09. The first-order valence-electron chi connectivity index (χ1n) is 6.83. The van der Waals surface area contributed by atoms with Gasteiger partial charge < -0.3 is 10.2 Å². The van der Waals surface area contributed by atoms with Gasteiger partial charge in [0, 0.05) is 37.8 Å². The smallest absolute Gasteiger partial charge is 0.0755 e. The molecule has 2 heterocycles. The van der Waals surface area contributed by atoms with Crippen molar-refractivity contribution in [2.75, 3.05) is 31.1 Å². The Morgan fingerprint density at radius 1 is 1.32 bits per heavy atom.